The van der Waals surface area contributed by atoms with Crippen LogP contribution in [0.25, 0.3) is 0 Å². The summed E-state index contributed by atoms with van der Waals surface area (Å²) in [5.41, 5.74) is 2.20. The second-order valence-electron chi connectivity index (χ2n) is 7.47. The Hall–Kier alpha value is -1.37. The van der Waals surface area contributed by atoms with Gasteiger partial charge < -0.3 is 4.74 Å². The first-order valence-corrected chi connectivity index (χ1v) is 12.5. The van der Waals surface area contributed by atoms with Crippen molar-refractivity contribution in [1.29, 1.82) is 0 Å². The summed E-state index contributed by atoms with van der Waals surface area (Å²) >= 11 is 3.46. The van der Waals surface area contributed by atoms with Gasteiger partial charge in [-0.15, -0.1) is 0 Å². The van der Waals surface area contributed by atoms with Crippen LogP contribution in [0.4, 0.5) is 0 Å². The third kappa shape index (κ3) is 4.00. The number of hydrogen-bond acceptors (Lipinski definition) is 4. The molecule has 0 radical (unpaired) electrons. The van der Waals surface area contributed by atoms with Crippen molar-refractivity contribution < 1.29 is 13.2 Å². The minimum absolute atomic E-state index is 0.106. The maximum atomic E-state index is 13.5. The number of alkyl halides is 1. The normalized spacial score (nSPS) is 23.6. The lowest BCUT2D eigenvalue weighted by Crippen LogP contribution is -2.50. The summed E-state index contributed by atoms with van der Waals surface area (Å²) in [6.07, 6.45) is 2.48. The van der Waals surface area contributed by atoms with Crippen molar-refractivity contribution >= 4 is 25.8 Å². The lowest BCUT2D eigenvalue weighted by atomic mass is 9.88. The Labute approximate surface area is 176 Å². The van der Waals surface area contributed by atoms with E-state index in [1.165, 1.54) is 0 Å². The zero-order chi connectivity index (χ0) is 20.4. The highest BCUT2D eigenvalue weighted by Crippen LogP contribution is 2.41. The monoisotopic (exact) mass is 465 g/mol. The van der Waals surface area contributed by atoms with Crippen LogP contribution < -0.4 is 10.1 Å². The number of hydrogen-bond donors (Lipinski definition) is 1. The number of benzene rings is 2. The van der Waals surface area contributed by atoms with E-state index < -0.39 is 15.4 Å². The molecule has 1 heterocycles. The maximum Gasteiger partial charge on any atom is 0.180 e. The van der Waals surface area contributed by atoms with Crippen LogP contribution in [-0.2, 0) is 15.2 Å². The molecular formula is C22H28BrNO3S. The van der Waals surface area contributed by atoms with Crippen molar-refractivity contribution in [2.45, 2.75) is 54.9 Å². The minimum Gasteiger partial charge on any atom is -0.496 e. The van der Waals surface area contributed by atoms with Crippen molar-refractivity contribution in [3.05, 3.63) is 59.2 Å². The van der Waals surface area contributed by atoms with Crippen LogP contribution in [0.3, 0.4) is 0 Å². The minimum atomic E-state index is -3.46. The maximum absolute atomic E-state index is 13.5. The zero-order valence-electron chi connectivity index (χ0n) is 16.7. The van der Waals surface area contributed by atoms with Gasteiger partial charge in [0.1, 0.15) is 5.75 Å². The number of ether oxygens (including phenoxy) is 1. The molecule has 0 aliphatic carbocycles. The highest BCUT2D eigenvalue weighted by Gasteiger charge is 2.42. The van der Waals surface area contributed by atoms with Crippen LogP contribution in [0.15, 0.2) is 47.4 Å². The molecule has 3 rings (SSSR count). The fourth-order valence-electron chi connectivity index (χ4n) is 4.19. The number of rotatable bonds is 6. The van der Waals surface area contributed by atoms with E-state index in [1.807, 2.05) is 24.3 Å². The Morgan fingerprint density at radius 1 is 1.21 bits per heavy atom. The molecule has 0 fully saturated rings. The second kappa shape index (κ2) is 8.56. The Bertz CT molecular complexity index is 930. The first-order chi connectivity index (χ1) is 13.4. The van der Waals surface area contributed by atoms with Crippen LogP contribution in [0.2, 0.25) is 0 Å². The molecule has 0 saturated heterocycles. The van der Waals surface area contributed by atoms with Gasteiger partial charge in [-0.2, -0.15) is 0 Å². The molecule has 1 N–H and O–H groups in total. The van der Waals surface area contributed by atoms with Gasteiger partial charge >= 0.3 is 0 Å². The van der Waals surface area contributed by atoms with E-state index in [-0.39, 0.29) is 11.8 Å². The molecule has 0 spiro atoms. The van der Waals surface area contributed by atoms with Crippen molar-refractivity contribution in [3.63, 3.8) is 0 Å². The molecule has 28 heavy (non-hydrogen) atoms. The molecular weight excluding hydrogens is 438 g/mol. The van der Waals surface area contributed by atoms with E-state index in [1.54, 1.807) is 13.2 Å². The van der Waals surface area contributed by atoms with Crippen molar-refractivity contribution in [2.75, 3.05) is 12.9 Å². The van der Waals surface area contributed by atoms with Crippen molar-refractivity contribution in [3.8, 4) is 5.75 Å². The molecule has 0 bridgehead atoms. The van der Waals surface area contributed by atoms with Crippen LogP contribution >= 0.6 is 15.9 Å². The summed E-state index contributed by atoms with van der Waals surface area (Å²) < 4.78 is 32.6. The number of nitrogens with one attached hydrogen (secondary N) is 1. The fourth-order valence-corrected chi connectivity index (χ4v) is 6.80. The lowest BCUT2D eigenvalue weighted by Gasteiger charge is -2.35. The van der Waals surface area contributed by atoms with Crippen LogP contribution in [0, 0.1) is 0 Å². The second-order valence-corrected chi connectivity index (χ2v) is 9.99. The number of fused-ring (bicyclic) bond motifs is 1. The van der Waals surface area contributed by atoms with Crippen molar-refractivity contribution in [1.82, 2.24) is 5.32 Å². The molecule has 0 amide bonds. The summed E-state index contributed by atoms with van der Waals surface area (Å²) in [6, 6.07) is 13.5. The molecule has 2 atom stereocenters. The summed E-state index contributed by atoms with van der Waals surface area (Å²) in [5, 5.41) is 4.29. The van der Waals surface area contributed by atoms with Gasteiger partial charge in [0.05, 0.1) is 23.8 Å². The molecule has 1 aliphatic rings. The number of methoxy groups -OCH3 is 1. The third-order valence-electron chi connectivity index (χ3n) is 5.66. The van der Waals surface area contributed by atoms with Gasteiger partial charge in [-0.3, -0.25) is 5.32 Å². The highest BCUT2D eigenvalue weighted by molar-refractivity contribution is 9.08. The van der Waals surface area contributed by atoms with Gasteiger partial charge in [-0.25, -0.2) is 8.42 Å². The van der Waals surface area contributed by atoms with Gasteiger partial charge in [0.2, 0.25) is 0 Å². The first kappa shape index (κ1) is 21.3. The summed E-state index contributed by atoms with van der Waals surface area (Å²) in [7, 11) is -1.84. The lowest BCUT2D eigenvalue weighted by molar-refractivity contribution is 0.299. The van der Waals surface area contributed by atoms with Crippen LogP contribution in [-0.4, -0.2) is 26.8 Å². The molecule has 1 aliphatic heterocycles. The first-order valence-electron chi connectivity index (χ1n) is 9.72. The Kier molecular flexibility index (Phi) is 6.52. The van der Waals surface area contributed by atoms with Gasteiger partial charge in [-0.1, -0.05) is 66.5 Å². The average Bonchev–Trinajstić information content (AvgIpc) is 2.80. The quantitative estimate of drug-likeness (QED) is 0.609. The standard InChI is InChI=1S/C22H28BrNO3S/c1-4-11-22(5-2)15-28(25,26)20-12-17(14-23)19(27-3)13-18(20)21(24-22)16-9-7-6-8-10-16/h6-10,12-13,21,24H,4-5,11,14-15H2,1-3H3/t21-,22-/m1/s1. The topological polar surface area (TPSA) is 55.4 Å². The molecule has 0 unspecified atom stereocenters. The van der Waals surface area contributed by atoms with E-state index in [0.29, 0.717) is 16.0 Å². The Balaban J connectivity index is 2.30. The summed E-state index contributed by atoms with van der Waals surface area (Å²) in [6.45, 7) is 4.17. The van der Waals surface area contributed by atoms with Crippen LogP contribution in [0.5, 0.6) is 5.75 Å². The van der Waals surface area contributed by atoms with E-state index in [0.717, 1.165) is 36.0 Å². The van der Waals surface area contributed by atoms with Gasteiger partial charge in [0, 0.05) is 16.4 Å². The predicted octanol–water partition coefficient (Wildman–Crippen LogP) is 5.01. The zero-order valence-corrected chi connectivity index (χ0v) is 19.1. The molecule has 2 aromatic rings. The molecule has 0 saturated carbocycles. The molecule has 2 aromatic carbocycles. The number of sulfone groups is 1. The Morgan fingerprint density at radius 3 is 2.50 bits per heavy atom. The molecule has 4 nitrogen and oxygen atoms in total. The SMILES string of the molecule is CCC[C@]1(CC)CS(=O)(=O)c2cc(CBr)c(OC)cc2[C@@H](c2ccccc2)N1. The average molecular weight is 466 g/mol. The molecule has 6 heteroatoms. The van der Waals surface area contributed by atoms with Gasteiger partial charge in [-0.05, 0) is 36.1 Å². The summed E-state index contributed by atoms with van der Waals surface area (Å²) in [5.74, 6) is 0.808. The molecule has 152 valence electrons. The van der Waals surface area contributed by atoms with E-state index in [9.17, 15) is 8.42 Å². The van der Waals surface area contributed by atoms with Crippen molar-refractivity contribution in [2.24, 2.45) is 0 Å². The predicted molar refractivity (Wildman–Crippen MR) is 117 cm³/mol. The largest absolute Gasteiger partial charge is 0.496 e. The molecule has 0 aromatic heterocycles. The Morgan fingerprint density at radius 2 is 1.93 bits per heavy atom. The van der Waals surface area contributed by atoms with Gasteiger partial charge in [0.15, 0.2) is 9.84 Å². The fraction of sp³-hybridized carbons (Fsp3) is 0.455. The third-order valence-corrected chi connectivity index (χ3v) is 8.22. The van der Waals surface area contributed by atoms with E-state index in [4.69, 9.17) is 4.74 Å². The summed E-state index contributed by atoms with van der Waals surface area (Å²) in [4.78, 5) is 0.413. The highest BCUT2D eigenvalue weighted by atomic mass is 79.9. The van der Waals surface area contributed by atoms with E-state index in [2.05, 4.69) is 47.2 Å². The van der Waals surface area contributed by atoms with E-state index >= 15 is 0 Å². The van der Waals surface area contributed by atoms with Crippen LogP contribution in [0.1, 0.15) is 55.8 Å². The van der Waals surface area contributed by atoms with Gasteiger partial charge in [0.25, 0.3) is 0 Å². The number of halogens is 1. The smallest absolute Gasteiger partial charge is 0.180 e.